The van der Waals surface area contributed by atoms with Gasteiger partial charge in [0, 0.05) is 68.2 Å². The predicted octanol–water partition coefficient (Wildman–Crippen LogP) is 11.8. The number of aliphatic hydroxyl groups is 4. The molecule has 0 spiro atoms. The molecule has 0 aliphatic heterocycles. The fraction of sp³-hybridized carbons (Fsp3) is 0.400. The number of phenols is 8. The van der Waals surface area contributed by atoms with Gasteiger partial charge in [-0.05, 0) is 102 Å². The molecule has 512 valence electrons. The van der Waals surface area contributed by atoms with Crippen LogP contribution in [0.2, 0.25) is 0 Å². The van der Waals surface area contributed by atoms with Crippen molar-refractivity contribution < 1.29 is 79.2 Å². The summed E-state index contributed by atoms with van der Waals surface area (Å²) in [7, 11) is 0. The molecular formula is C80H104N4O12+4. The van der Waals surface area contributed by atoms with Crippen LogP contribution in [0.25, 0.3) is 0 Å². The van der Waals surface area contributed by atoms with Crippen LogP contribution < -0.4 is 0 Å². The van der Waals surface area contributed by atoms with Crippen molar-refractivity contribution in [2.45, 2.75) is 105 Å². The van der Waals surface area contributed by atoms with Crippen LogP contribution >= 0.6 is 0 Å². The van der Waals surface area contributed by atoms with Gasteiger partial charge in [-0.2, -0.15) is 0 Å². The van der Waals surface area contributed by atoms with Gasteiger partial charge < -0.3 is 79.2 Å². The van der Waals surface area contributed by atoms with Gasteiger partial charge in [0.15, 0.2) is 0 Å². The molecule has 16 nitrogen and oxygen atoms in total. The number of benzene rings is 8. The third kappa shape index (κ3) is 13.8. The van der Waals surface area contributed by atoms with Gasteiger partial charge in [-0.3, -0.25) is 0 Å². The first kappa shape index (κ1) is 72.1. The minimum Gasteiger partial charge on any atom is -0.507 e. The number of rotatable bonds is 28. The van der Waals surface area contributed by atoms with Crippen molar-refractivity contribution >= 4 is 0 Å². The van der Waals surface area contributed by atoms with Crippen LogP contribution in [-0.2, 0) is 26.2 Å². The Hall–Kier alpha value is -8.16. The summed E-state index contributed by atoms with van der Waals surface area (Å²) in [6.07, 6.45) is 0. The van der Waals surface area contributed by atoms with Gasteiger partial charge in [-0.15, -0.1) is 0 Å². The van der Waals surface area contributed by atoms with Crippen molar-refractivity contribution in [3.8, 4) is 46.0 Å². The number of aromatic hydroxyl groups is 8. The normalized spacial score (nSPS) is 16.0. The highest BCUT2D eigenvalue weighted by molar-refractivity contribution is 5.71. The molecule has 0 amide bonds. The molecule has 12 N–H and O–H groups in total. The van der Waals surface area contributed by atoms with Gasteiger partial charge in [0.05, 0.1) is 101 Å². The Morgan fingerprint density at radius 1 is 0.240 bits per heavy atom. The zero-order valence-electron chi connectivity index (χ0n) is 57.5. The lowest BCUT2D eigenvalue weighted by molar-refractivity contribution is -0.938. The largest absolute Gasteiger partial charge is 0.507 e. The van der Waals surface area contributed by atoms with E-state index < -0.39 is 23.7 Å². The molecule has 96 heavy (non-hydrogen) atoms. The second kappa shape index (κ2) is 30.9. The predicted molar refractivity (Wildman–Crippen MR) is 377 cm³/mol. The molecule has 0 unspecified atom stereocenters. The van der Waals surface area contributed by atoms with Crippen LogP contribution in [0.1, 0.15) is 168 Å². The van der Waals surface area contributed by atoms with E-state index in [0.29, 0.717) is 74.6 Å². The molecule has 1 aliphatic carbocycles. The second-order valence-corrected chi connectivity index (χ2v) is 26.6. The van der Waals surface area contributed by atoms with Crippen molar-refractivity contribution in [1.82, 2.24) is 0 Å². The minimum atomic E-state index is -1.13. The van der Waals surface area contributed by atoms with Gasteiger partial charge in [0.25, 0.3) is 0 Å². The van der Waals surface area contributed by atoms with E-state index in [0.717, 1.165) is 0 Å². The molecule has 8 bridgehead atoms. The van der Waals surface area contributed by atoms with Gasteiger partial charge >= 0.3 is 0 Å². The number of nitrogens with zero attached hydrogens (tertiary/aromatic N) is 4. The summed E-state index contributed by atoms with van der Waals surface area (Å²) >= 11 is 0. The lowest BCUT2D eigenvalue weighted by atomic mass is 9.73. The van der Waals surface area contributed by atoms with E-state index in [2.05, 4.69) is 0 Å². The van der Waals surface area contributed by atoms with E-state index in [1.807, 2.05) is 177 Å². The van der Waals surface area contributed by atoms with E-state index >= 15 is 0 Å². The summed E-state index contributed by atoms with van der Waals surface area (Å²) in [6, 6.07) is 44.5. The summed E-state index contributed by atoms with van der Waals surface area (Å²) in [4.78, 5) is 0. The van der Waals surface area contributed by atoms with Crippen LogP contribution in [0.4, 0.5) is 0 Å². The van der Waals surface area contributed by atoms with Crippen LogP contribution in [0, 0.1) is 0 Å². The zero-order valence-corrected chi connectivity index (χ0v) is 57.5. The third-order valence-electron chi connectivity index (χ3n) is 22.4. The van der Waals surface area contributed by atoms with Crippen molar-refractivity contribution in [3.63, 3.8) is 0 Å². The third-order valence-corrected chi connectivity index (χ3v) is 22.4. The number of likely N-dealkylation sites (N-methyl/N-ethyl adjacent to an activating group) is 4. The first-order valence-electron chi connectivity index (χ1n) is 34.6. The highest BCUT2D eigenvalue weighted by Crippen LogP contribution is 2.58. The Balaban J connectivity index is 1.65. The molecule has 8 aromatic carbocycles. The van der Waals surface area contributed by atoms with Gasteiger partial charge in [-0.25, -0.2) is 0 Å². The molecular weight excluding hydrogens is 1210 g/mol. The minimum absolute atomic E-state index is 0.0174. The molecule has 0 atom stereocenters. The van der Waals surface area contributed by atoms with E-state index in [9.17, 15) is 61.3 Å². The smallest absolute Gasteiger partial charge is 0.132 e. The van der Waals surface area contributed by atoms with Crippen molar-refractivity contribution in [1.29, 1.82) is 0 Å². The molecule has 0 saturated carbocycles. The molecule has 0 saturated heterocycles. The lowest BCUT2D eigenvalue weighted by Crippen LogP contribution is -2.48. The van der Waals surface area contributed by atoms with E-state index in [1.54, 1.807) is 24.3 Å². The maximum absolute atomic E-state index is 13.8. The number of phenolic OH excluding ortho intramolecular Hbond substituents is 8. The highest BCUT2D eigenvalue weighted by atomic mass is 16.3. The Morgan fingerprint density at radius 2 is 0.385 bits per heavy atom. The fourth-order valence-corrected chi connectivity index (χ4v) is 15.7. The molecule has 0 radical (unpaired) electrons. The number of fused-ring (bicyclic) bond motifs is 8. The topological polar surface area (TPSA) is 243 Å². The number of quaternary nitrogens is 4. The number of hydrogen-bond donors (Lipinski definition) is 12. The molecule has 16 heteroatoms. The van der Waals surface area contributed by atoms with Gasteiger partial charge in [0.1, 0.15) is 98.4 Å². The van der Waals surface area contributed by atoms with Crippen LogP contribution in [-0.4, -0.2) is 184 Å². The van der Waals surface area contributed by atoms with E-state index in [-0.39, 0.29) is 209 Å². The molecule has 0 fully saturated rings. The maximum atomic E-state index is 13.8. The fourth-order valence-electron chi connectivity index (χ4n) is 15.7. The summed E-state index contributed by atoms with van der Waals surface area (Å²) in [5.41, 5.74) is 4.91. The lowest BCUT2D eigenvalue weighted by Gasteiger charge is -2.39. The SMILES string of the molecule is CC[N+](CC)(CCO)Cc1c(O)c2cc(c1O)C(c1ccccc1)c1cc(c(O)c(C[N+](CC)(CC)CCO)c1O)C(c1ccccc1)c1cc(c(O)c(C[N+](CC)(CC)CCO)c1O)C(c1ccccc1)c1cc(c(O)c(C[N+](CC)(CC)CCO)c1O)C2c1ccccc1. The van der Waals surface area contributed by atoms with Crippen LogP contribution in [0.3, 0.4) is 0 Å². The van der Waals surface area contributed by atoms with Crippen LogP contribution in [0.15, 0.2) is 146 Å². The summed E-state index contributed by atoms with van der Waals surface area (Å²) in [5, 5.41) is 154. The molecule has 9 rings (SSSR count). The second-order valence-electron chi connectivity index (χ2n) is 26.6. The Bertz CT molecular complexity index is 3290. The standard InChI is InChI=1S/C80H100N4O12/c1-9-81(10-2,37-41-85)49-65-73(89)57-45-58(74(65)90)70(54-31-23-18-24-32-54)60-47-62(78(94)67(76(60)92)51-83(13-5,14-6)39-43-87)72(56-35-27-20-28-36-56)64-48-63(79(95)68(80(64)96)52-84(15-7,16-8)40-44-88)71(55-33-25-19-26-34-55)61-46-59(69(57)53-29-21-17-22-30-53)75(91)66(77(61)93)50-82(11-3,12-4)38-42-86/h17-36,45-48,69-72,85-88H,9-16,37-44,49-52H2,1-8H3,(H4-4,89,90,91,92,93,94,95,96)/p+4. The average molecular weight is 1310 g/mol. The summed E-state index contributed by atoms with van der Waals surface area (Å²) < 4.78 is 0.899. The van der Waals surface area contributed by atoms with Crippen molar-refractivity contribution in [3.05, 3.63) is 235 Å². The first-order chi connectivity index (χ1) is 46.3. The molecule has 0 aromatic heterocycles. The Labute approximate surface area is 567 Å². The maximum Gasteiger partial charge on any atom is 0.132 e. The molecule has 8 aromatic rings. The number of hydrogen-bond acceptors (Lipinski definition) is 12. The Morgan fingerprint density at radius 3 is 0.510 bits per heavy atom. The van der Waals surface area contributed by atoms with Gasteiger partial charge in [0.2, 0.25) is 0 Å². The summed E-state index contributed by atoms with van der Waals surface area (Å²) in [5.74, 6) is -6.85. The quantitative estimate of drug-likeness (QED) is 0.0205. The highest BCUT2D eigenvalue weighted by Gasteiger charge is 2.43. The van der Waals surface area contributed by atoms with E-state index in [1.165, 1.54) is 0 Å². The van der Waals surface area contributed by atoms with Crippen LogP contribution in [0.5, 0.6) is 46.0 Å². The molecule has 1 aliphatic rings. The number of aliphatic hydroxyl groups excluding tert-OH is 4. The Kier molecular flexibility index (Phi) is 23.2. The molecule has 0 heterocycles. The first-order valence-corrected chi connectivity index (χ1v) is 34.6. The summed E-state index contributed by atoms with van der Waals surface area (Å²) in [6.45, 7) is 20.2. The van der Waals surface area contributed by atoms with E-state index in [4.69, 9.17) is 0 Å². The van der Waals surface area contributed by atoms with Crippen molar-refractivity contribution in [2.24, 2.45) is 0 Å². The average Bonchev–Trinajstić information content (AvgIpc) is 0.727. The van der Waals surface area contributed by atoms with Crippen molar-refractivity contribution in [2.75, 3.05) is 105 Å². The zero-order chi connectivity index (χ0) is 69.3. The van der Waals surface area contributed by atoms with Gasteiger partial charge in [-0.1, -0.05) is 121 Å². The monoisotopic (exact) mass is 1310 g/mol.